The largest absolute Gasteiger partial charge is 0.368 e. The fraction of sp³-hybridized carbons (Fsp3) is 0.357. The fourth-order valence-corrected chi connectivity index (χ4v) is 5.44. The number of carbonyl (C=O) groups excluding carboxylic acids is 2. The zero-order valence-electron chi connectivity index (χ0n) is 20.1. The van der Waals surface area contributed by atoms with E-state index in [4.69, 9.17) is 0 Å². The molecule has 0 spiro atoms. The van der Waals surface area contributed by atoms with Crippen LogP contribution >= 0.6 is 11.3 Å². The van der Waals surface area contributed by atoms with Crippen LogP contribution in [-0.2, 0) is 17.6 Å². The molecule has 0 aromatic carbocycles. The second kappa shape index (κ2) is 10.9. The van der Waals surface area contributed by atoms with E-state index in [0.29, 0.717) is 18.5 Å². The average molecular weight is 474 g/mol. The molecule has 176 valence electrons. The molecule has 0 aliphatic carbocycles. The smallest absolute Gasteiger partial charge is 0.252 e. The Kier molecular flexibility index (Phi) is 7.66. The van der Waals surface area contributed by atoms with Crippen LogP contribution in [0, 0.1) is 11.8 Å². The summed E-state index contributed by atoms with van der Waals surface area (Å²) in [5.74, 6) is 5.80. The van der Waals surface area contributed by atoms with Gasteiger partial charge in [-0.15, -0.1) is 11.3 Å². The monoisotopic (exact) mass is 473 g/mol. The maximum atomic E-state index is 13.1. The highest BCUT2D eigenvalue weighted by Crippen LogP contribution is 2.27. The Bertz CT molecular complexity index is 1180. The zero-order valence-corrected chi connectivity index (χ0v) is 21.0. The van der Waals surface area contributed by atoms with Gasteiger partial charge in [-0.05, 0) is 62.6 Å². The van der Waals surface area contributed by atoms with Gasteiger partial charge in [-0.25, -0.2) is 0 Å². The molecule has 0 N–H and O–H groups in total. The fourth-order valence-electron chi connectivity index (χ4n) is 4.35. The van der Waals surface area contributed by atoms with Gasteiger partial charge < -0.3 is 14.7 Å². The van der Waals surface area contributed by atoms with Crippen LogP contribution in [0.4, 0.5) is 0 Å². The van der Waals surface area contributed by atoms with Crippen molar-refractivity contribution in [2.24, 2.45) is 0 Å². The molecule has 5 nitrogen and oxygen atoms in total. The van der Waals surface area contributed by atoms with Gasteiger partial charge in [0.2, 0.25) is 0 Å². The minimum Gasteiger partial charge on any atom is -0.368 e. The van der Waals surface area contributed by atoms with E-state index in [1.807, 2.05) is 40.8 Å². The van der Waals surface area contributed by atoms with Crippen LogP contribution in [0.3, 0.4) is 0 Å². The summed E-state index contributed by atoms with van der Waals surface area (Å²) >= 11 is 1.63. The molecule has 0 amide bonds. The first-order valence-corrected chi connectivity index (χ1v) is 12.7. The number of thiophene rings is 1. The number of piperazine rings is 1. The van der Waals surface area contributed by atoms with Crippen LogP contribution in [0.15, 0.2) is 65.1 Å². The summed E-state index contributed by atoms with van der Waals surface area (Å²) in [5, 5.41) is 1.94. The maximum Gasteiger partial charge on any atom is 0.252 e. The summed E-state index contributed by atoms with van der Waals surface area (Å²) < 4.78 is 0. The standard InChI is InChI=1S/C28H31N3O2S/c1-4-28-24(25(20-34-28)21(2)32)10-6-8-12-27(33)26-11-7-5-9-22-13-14-23(19-31(22)26)30-17-15-29(3)16-18-30/h5,7,9,11,13-14,19-20H,4,6,10,15-18H2,1-3H3. The van der Waals surface area contributed by atoms with Crippen molar-refractivity contribution >= 4 is 22.9 Å². The molecular formula is C28H31N3O2S. The van der Waals surface area contributed by atoms with E-state index in [2.05, 4.69) is 47.8 Å². The first-order valence-electron chi connectivity index (χ1n) is 11.8. The number of hydrogen-bond donors (Lipinski definition) is 0. The van der Waals surface area contributed by atoms with Crippen molar-refractivity contribution in [3.05, 3.63) is 81.1 Å². The van der Waals surface area contributed by atoms with Crippen molar-refractivity contribution in [3.63, 3.8) is 0 Å². The molecule has 3 aliphatic heterocycles. The van der Waals surface area contributed by atoms with Crippen molar-refractivity contribution in [1.82, 2.24) is 14.7 Å². The van der Waals surface area contributed by atoms with E-state index in [1.54, 1.807) is 18.3 Å². The third-order valence-corrected chi connectivity index (χ3v) is 7.51. The summed E-state index contributed by atoms with van der Waals surface area (Å²) in [6, 6.07) is 0. The van der Waals surface area contributed by atoms with E-state index in [0.717, 1.165) is 55.1 Å². The van der Waals surface area contributed by atoms with Gasteiger partial charge in [0.1, 0.15) is 5.70 Å². The lowest BCUT2D eigenvalue weighted by Crippen LogP contribution is -2.44. The summed E-state index contributed by atoms with van der Waals surface area (Å²) in [6.45, 7) is 7.69. The molecule has 0 atom stereocenters. The Morgan fingerprint density at radius 2 is 1.79 bits per heavy atom. The first-order chi connectivity index (χ1) is 16.5. The Balaban J connectivity index is 1.48. The summed E-state index contributed by atoms with van der Waals surface area (Å²) in [6.07, 6.45) is 16.0. The quantitative estimate of drug-likeness (QED) is 0.350. The number of Topliss-reactive ketones (excluding diaryl/α,β-unsaturated/α-hetero) is 2. The van der Waals surface area contributed by atoms with Gasteiger partial charge in [-0.3, -0.25) is 9.59 Å². The van der Waals surface area contributed by atoms with Gasteiger partial charge in [0.15, 0.2) is 5.78 Å². The summed E-state index contributed by atoms with van der Waals surface area (Å²) in [5.41, 5.74) is 4.50. The van der Waals surface area contributed by atoms with Crippen molar-refractivity contribution in [2.75, 3.05) is 33.2 Å². The van der Waals surface area contributed by atoms with Gasteiger partial charge in [-0.2, -0.15) is 0 Å². The number of carbonyl (C=O) groups is 2. The third kappa shape index (κ3) is 5.32. The predicted molar refractivity (Wildman–Crippen MR) is 138 cm³/mol. The normalized spacial score (nSPS) is 17.8. The Morgan fingerprint density at radius 1 is 1.06 bits per heavy atom. The number of likely N-dealkylation sites (N-methyl/N-ethyl adjacent to an activating group) is 1. The number of allylic oxidation sites excluding steroid dienone is 7. The van der Waals surface area contributed by atoms with Gasteiger partial charge in [0.25, 0.3) is 5.78 Å². The molecule has 4 heterocycles. The van der Waals surface area contributed by atoms with Crippen LogP contribution in [0.25, 0.3) is 0 Å². The molecule has 0 bridgehead atoms. The molecule has 34 heavy (non-hydrogen) atoms. The highest BCUT2D eigenvalue weighted by atomic mass is 32.1. The minimum atomic E-state index is -0.199. The van der Waals surface area contributed by atoms with Crippen LogP contribution in [0.1, 0.15) is 41.1 Å². The van der Waals surface area contributed by atoms with E-state index >= 15 is 0 Å². The van der Waals surface area contributed by atoms with E-state index in [-0.39, 0.29) is 11.6 Å². The van der Waals surface area contributed by atoms with Crippen LogP contribution < -0.4 is 0 Å². The molecule has 0 saturated carbocycles. The molecule has 1 aromatic heterocycles. The van der Waals surface area contributed by atoms with E-state index in [1.165, 1.54) is 4.88 Å². The lowest BCUT2D eigenvalue weighted by Gasteiger charge is -2.37. The molecule has 1 fully saturated rings. The van der Waals surface area contributed by atoms with Crippen LogP contribution in [-0.4, -0.2) is 59.5 Å². The van der Waals surface area contributed by atoms with Gasteiger partial charge in [0.05, 0.1) is 5.70 Å². The molecule has 4 rings (SSSR count). The third-order valence-electron chi connectivity index (χ3n) is 6.34. The molecule has 0 radical (unpaired) electrons. The Labute approximate surface area is 206 Å². The topological polar surface area (TPSA) is 43.9 Å². The predicted octanol–water partition coefficient (Wildman–Crippen LogP) is 4.32. The second-order valence-corrected chi connectivity index (χ2v) is 9.63. The highest BCUT2D eigenvalue weighted by molar-refractivity contribution is 7.10. The lowest BCUT2D eigenvalue weighted by molar-refractivity contribution is -0.111. The number of hydrogen-bond acceptors (Lipinski definition) is 6. The molecule has 0 unspecified atom stereocenters. The number of fused-ring (bicyclic) bond motifs is 1. The van der Waals surface area contributed by atoms with E-state index in [9.17, 15) is 9.59 Å². The second-order valence-electron chi connectivity index (χ2n) is 8.67. The summed E-state index contributed by atoms with van der Waals surface area (Å²) in [7, 11) is 2.14. The van der Waals surface area contributed by atoms with Gasteiger partial charge in [-0.1, -0.05) is 25.0 Å². The number of rotatable bonds is 6. The van der Waals surface area contributed by atoms with E-state index < -0.39 is 0 Å². The molecular weight excluding hydrogens is 442 g/mol. The van der Waals surface area contributed by atoms with Crippen molar-refractivity contribution in [3.8, 4) is 11.8 Å². The van der Waals surface area contributed by atoms with Crippen LogP contribution in [0.5, 0.6) is 0 Å². The Hall–Kier alpha value is -3.14. The number of aryl methyl sites for hydroxylation is 1. The SMILES string of the molecule is CCc1scc(C(C)=O)c1CCC#CC(=O)C1=CC=CC=C2C=CC(N3CCN(C)CC3)=CN21. The van der Waals surface area contributed by atoms with Crippen molar-refractivity contribution in [1.29, 1.82) is 0 Å². The Morgan fingerprint density at radius 3 is 2.53 bits per heavy atom. The van der Waals surface area contributed by atoms with Gasteiger partial charge in [0, 0.05) is 60.3 Å². The molecule has 6 heteroatoms. The summed E-state index contributed by atoms with van der Waals surface area (Å²) in [4.78, 5) is 32.9. The van der Waals surface area contributed by atoms with Crippen LogP contribution in [0.2, 0.25) is 0 Å². The van der Waals surface area contributed by atoms with Crippen molar-refractivity contribution < 1.29 is 9.59 Å². The number of ketones is 2. The lowest BCUT2D eigenvalue weighted by atomic mass is 10.0. The average Bonchev–Trinajstić information content (AvgIpc) is 3.13. The maximum absolute atomic E-state index is 13.1. The first kappa shape index (κ1) is 24.0. The minimum absolute atomic E-state index is 0.0887. The highest BCUT2D eigenvalue weighted by Gasteiger charge is 2.23. The zero-order chi connectivity index (χ0) is 24.1. The van der Waals surface area contributed by atoms with Crippen molar-refractivity contribution in [2.45, 2.75) is 33.1 Å². The molecule has 1 aromatic rings. The molecule has 3 aliphatic rings. The molecule has 1 saturated heterocycles. The number of nitrogens with zero attached hydrogens (tertiary/aromatic N) is 3. The van der Waals surface area contributed by atoms with Gasteiger partial charge >= 0.3 is 0 Å².